The Kier molecular flexibility index (Phi) is 3.78. The van der Waals surface area contributed by atoms with Gasteiger partial charge in [0.1, 0.15) is 0 Å². The predicted molar refractivity (Wildman–Crippen MR) is 67.4 cm³/mol. The third kappa shape index (κ3) is 2.73. The average Bonchev–Trinajstić information content (AvgIpc) is 3.15. The predicted octanol–water partition coefficient (Wildman–Crippen LogP) is 2.31. The summed E-state index contributed by atoms with van der Waals surface area (Å²) in [4.78, 5) is 6.87. The van der Waals surface area contributed by atoms with Gasteiger partial charge >= 0.3 is 0 Å². The van der Waals surface area contributed by atoms with Crippen LogP contribution in [0.4, 0.5) is 5.69 Å². The maximum atomic E-state index is 5.55. The molecule has 1 heterocycles. The van der Waals surface area contributed by atoms with Crippen LogP contribution in [0, 0.1) is 0 Å². The van der Waals surface area contributed by atoms with E-state index in [1.807, 2.05) is 12.3 Å². The first kappa shape index (κ1) is 11.4. The number of hydrogen-bond acceptors (Lipinski definition) is 3. The van der Waals surface area contributed by atoms with Crippen LogP contribution < -0.4 is 10.6 Å². The Morgan fingerprint density at radius 1 is 1.44 bits per heavy atom. The summed E-state index contributed by atoms with van der Waals surface area (Å²) in [6, 6.07) is 4.96. The van der Waals surface area contributed by atoms with E-state index in [9.17, 15) is 0 Å². The van der Waals surface area contributed by atoms with Crippen LogP contribution in [-0.2, 0) is 6.54 Å². The smallest absolute Gasteiger partial charge is 0.0555 e. The first-order valence-electron chi connectivity index (χ1n) is 6.26. The van der Waals surface area contributed by atoms with E-state index in [0.717, 1.165) is 18.3 Å². The Bertz CT molecular complexity index is 316. The molecule has 1 saturated carbocycles. The first-order chi connectivity index (χ1) is 7.85. The Morgan fingerprint density at radius 3 is 2.75 bits per heavy atom. The molecule has 3 heteroatoms. The van der Waals surface area contributed by atoms with E-state index in [2.05, 4.69) is 22.9 Å². The third-order valence-corrected chi connectivity index (χ3v) is 3.09. The standard InChI is InChI=1S/C13H21N3/c1-2-3-8-16(12-6-7-12)13-5-4-11(9-14)15-10-13/h4-5,10,12H,2-3,6-9,14H2,1H3. The number of pyridine rings is 1. The number of aromatic nitrogens is 1. The van der Waals surface area contributed by atoms with Gasteiger partial charge in [-0.3, -0.25) is 4.98 Å². The van der Waals surface area contributed by atoms with Crippen molar-refractivity contribution in [1.82, 2.24) is 4.98 Å². The van der Waals surface area contributed by atoms with Gasteiger partial charge in [-0.25, -0.2) is 0 Å². The largest absolute Gasteiger partial charge is 0.367 e. The fourth-order valence-electron chi connectivity index (χ4n) is 1.94. The summed E-state index contributed by atoms with van der Waals surface area (Å²) in [5.74, 6) is 0. The van der Waals surface area contributed by atoms with E-state index < -0.39 is 0 Å². The van der Waals surface area contributed by atoms with Gasteiger partial charge in [0, 0.05) is 19.1 Å². The molecule has 0 radical (unpaired) electrons. The average molecular weight is 219 g/mol. The molecule has 88 valence electrons. The molecule has 0 unspecified atom stereocenters. The second-order valence-corrected chi connectivity index (χ2v) is 4.49. The molecule has 3 nitrogen and oxygen atoms in total. The van der Waals surface area contributed by atoms with Crippen molar-refractivity contribution in [3.05, 3.63) is 24.0 Å². The molecule has 0 aliphatic heterocycles. The number of hydrogen-bond donors (Lipinski definition) is 1. The molecule has 0 saturated heterocycles. The lowest BCUT2D eigenvalue weighted by Gasteiger charge is -2.24. The van der Waals surface area contributed by atoms with Crippen LogP contribution in [0.3, 0.4) is 0 Å². The molecule has 1 aromatic heterocycles. The summed E-state index contributed by atoms with van der Waals surface area (Å²) in [6.45, 7) is 3.92. The second-order valence-electron chi connectivity index (χ2n) is 4.49. The monoisotopic (exact) mass is 219 g/mol. The number of unbranched alkanes of at least 4 members (excludes halogenated alkanes) is 1. The summed E-state index contributed by atoms with van der Waals surface area (Å²) in [5, 5.41) is 0. The van der Waals surface area contributed by atoms with Crippen LogP contribution in [-0.4, -0.2) is 17.6 Å². The number of nitrogens with zero attached hydrogens (tertiary/aromatic N) is 2. The first-order valence-corrected chi connectivity index (χ1v) is 6.26. The Balaban J connectivity index is 2.05. The lowest BCUT2D eigenvalue weighted by atomic mass is 10.2. The molecule has 2 rings (SSSR count). The lowest BCUT2D eigenvalue weighted by molar-refractivity contribution is 0.711. The van der Waals surface area contributed by atoms with E-state index in [1.54, 1.807) is 0 Å². The molecule has 1 fully saturated rings. The van der Waals surface area contributed by atoms with Crippen molar-refractivity contribution < 1.29 is 0 Å². The highest BCUT2D eigenvalue weighted by Gasteiger charge is 2.28. The second kappa shape index (κ2) is 5.30. The highest BCUT2D eigenvalue weighted by atomic mass is 15.2. The molecule has 0 atom stereocenters. The molecular formula is C13H21N3. The maximum absolute atomic E-state index is 5.55. The number of anilines is 1. The fourth-order valence-corrected chi connectivity index (χ4v) is 1.94. The SMILES string of the molecule is CCCCN(c1ccc(CN)nc1)C1CC1. The maximum Gasteiger partial charge on any atom is 0.0555 e. The van der Waals surface area contributed by atoms with Gasteiger partial charge in [-0.05, 0) is 31.4 Å². The molecule has 0 spiro atoms. The Morgan fingerprint density at radius 2 is 2.25 bits per heavy atom. The molecule has 2 N–H and O–H groups in total. The summed E-state index contributed by atoms with van der Waals surface area (Å²) in [5.41, 5.74) is 7.78. The van der Waals surface area contributed by atoms with Gasteiger partial charge in [0.15, 0.2) is 0 Å². The fraction of sp³-hybridized carbons (Fsp3) is 0.615. The van der Waals surface area contributed by atoms with Crippen LogP contribution in [0.1, 0.15) is 38.3 Å². The number of nitrogens with two attached hydrogens (primary N) is 1. The summed E-state index contributed by atoms with van der Waals surface area (Å²) < 4.78 is 0. The van der Waals surface area contributed by atoms with Gasteiger partial charge < -0.3 is 10.6 Å². The van der Waals surface area contributed by atoms with Crippen LogP contribution >= 0.6 is 0 Å². The summed E-state index contributed by atoms with van der Waals surface area (Å²) in [6.07, 6.45) is 7.15. The van der Waals surface area contributed by atoms with Crippen LogP contribution in [0.25, 0.3) is 0 Å². The molecule has 1 aliphatic carbocycles. The molecule has 0 amide bonds. The zero-order chi connectivity index (χ0) is 11.4. The van der Waals surface area contributed by atoms with Crippen molar-refractivity contribution in [3.63, 3.8) is 0 Å². The minimum Gasteiger partial charge on any atom is -0.367 e. The molecule has 0 bridgehead atoms. The van der Waals surface area contributed by atoms with E-state index in [0.29, 0.717) is 6.54 Å². The summed E-state index contributed by atoms with van der Waals surface area (Å²) >= 11 is 0. The lowest BCUT2D eigenvalue weighted by Crippen LogP contribution is -2.26. The topological polar surface area (TPSA) is 42.1 Å². The van der Waals surface area contributed by atoms with Gasteiger partial charge in [0.05, 0.1) is 17.6 Å². The van der Waals surface area contributed by atoms with Gasteiger partial charge in [0.2, 0.25) is 0 Å². The van der Waals surface area contributed by atoms with E-state index >= 15 is 0 Å². The molecular weight excluding hydrogens is 198 g/mol. The van der Waals surface area contributed by atoms with Crippen molar-refractivity contribution in [2.75, 3.05) is 11.4 Å². The zero-order valence-electron chi connectivity index (χ0n) is 10.0. The third-order valence-electron chi connectivity index (χ3n) is 3.09. The minimum atomic E-state index is 0.526. The normalized spacial score (nSPS) is 15.1. The Hall–Kier alpha value is -1.09. The van der Waals surface area contributed by atoms with Crippen molar-refractivity contribution in [3.8, 4) is 0 Å². The quantitative estimate of drug-likeness (QED) is 0.798. The minimum absolute atomic E-state index is 0.526. The van der Waals surface area contributed by atoms with Crippen molar-refractivity contribution in [2.24, 2.45) is 5.73 Å². The van der Waals surface area contributed by atoms with Crippen molar-refractivity contribution >= 4 is 5.69 Å². The van der Waals surface area contributed by atoms with Gasteiger partial charge in [-0.15, -0.1) is 0 Å². The van der Waals surface area contributed by atoms with E-state index in [4.69, 9.17) is 5.73 Å². The molecule has 1 aromatic rings. The Labute approximate surface area is 97.7 Å². The molecule has 0 aromatic carbocycles. The molecule has 1 aliphatic rings. The van der Waals surface area contributed by atoms with Crippen LogP contribution in [0.2, 0.25) is 0 Å². The highest BCUT2D eigenvalue weighted by molar-refractivity contribution is 5.47. The van der Waals surface area contributed by atoms with E-state index in [-0.39, 0.29) is 0 Å². The molecule has 16 heavy (non-hydrogen) atoms. The van der Waals surface area contributed by atoms with Crippen LogP contribution in [0.5, 0.6) is 0 Å². The zero-order valence-corrected chi connectivity index (χ0v) is 10.0. The summed E-state index contributed by atoms with van der Waals surface area (Å²) in [7, 11) is 0. The van der Waals surface area contributed by atoms with Gasteiger partial charge in [-0.2, -0.15) is 0 Å². The van der Waals surface area contributed by atoms with Gasteiger partial charge in [-0.1, -0.05) is 13.3 Å². The van der Waals surface area contributed by atoms with Gasteiger partial charge in [0.25, 0.3) is 0 Å². The van der Waals surface area contributed by atoms with Crippen molar-refractivity contribution in [2.45, 2.75) is 45.2 Å². The number of rotatable bonds is 6. The van der Waals surface area contributed by atoms with Crippen molar-refractivity contribution in [1.29, 1.82) is 0 Å². The van der Waals surface area contributed by atoms with E-state index in [1.165, 1.54) is 31.4 Å². The van der Waals surface area contributed by atoms with Crippen LogP contribution in [0.15, 0.2) is 18.3 Å². The highest BCUT2D eigenvalue weighted by Crippen LogP contribution is 2.31.